The smallest absolute Gasteiger partial charge is 0.181 e. The number of hydrogen-bond acceptors (Lipinski definition) is 4. The molecule has 0 saturated carbocycles. The summed E-state index contributed by atoms with van der Waals surface area (Å²) in [6.07, 6.45) is 1.81. The van der Waals surface area contributed by atoms with Crippen molar-refractivity contribution >= 4 is 5.69 Å². The number of H-pyrrole nitrogens is 1. The van der Waals surface area contributed by atoms with E-state index >= 15 is 0 Å². The lowest BCUT2D eigenvalue weighted by atomic mass is 10.1. The topological polar surface area (TPSA) is 71.4 Å². The molecule has 3 aromatic rings. The van der Waals surface area contributed by atoms with Gasteiger partial charge in [0.25, 0.3) is 0 Å². The molecule has 0 bridgehead atoms. The monoisotopic (exact) mass is 282 g/mol. The maximum Gasteiger partial charge on any atom is 0.181 e. The Kier molecular flexibility index (Phi) is 3.43. The SMILES string of the molecule is Cc1nc(-c2cccc(NC(C)c3ccnn3C)c2)n[nH]1. The van der Waals surface area contributed by atoms with Gasteiger partial charge in [0.1, 0.15) is 5.82 Å². The lowest BCUT2D eigenvalue weighted by Gasteiger charge is -2.16. The van der Waals surface area contributed by atoms with Gasteiger partial charge in [-0.05, 0) is 32.0 Å². The average Bonchev–Trinajstić information content (AvgIpc) is 3.08. The highest BCUT2D eigenvalue weighted by Gasteiger charge is 2.10. The molecule has 1 atom stereocenters. The van der Waals surface area contributed by atoms with E-state index in [2.05, 4.69) is 38.6 Å². The molecule has 1 unspecified atom stereocenters. The molecule has 6 heteroatoms. The highest BCUT2D eigenvalue weighted by molar-refractivity contribution is 5.62. The van der Waals surface area contributed by atoms with Crippen LogP contribution in [0.4, 0.5) is 5.69 Å². The molecule has 1 aromatic carbocycles. The van der Waals surface area contributed by atoms with Gasteiger partial charge in [0.15, 0.2) is 5.82 Å². The minimum absolute atomic E-state index is 0.168. The van der Waals surface area contributed by atoms with Crippen LogP contribution in [0.3, 0.4) is 0 Å². The first-order valence-corrected chi connectivity index (χ1v) is 6.87. The van der Waals surface area contributed by atoms with Gasteiger partial charge < -0.3 is 5.32 Å². The first kappa shape index (κ1) is 13.4. The quantitative estimate of drug-likeness (QED) is 0.771. The van der Waals surface area contributed by atoms with E-state index in [0.29, 0.717) is 5.82 Å². The van der Waals surface area contributed by atoms with Crippen molar-refractivity contribution in [3.8, 4) is 11.4 Å². The summed E-state index contributed by atoms with van der Waals surface area (Å²) in [5.74, 6) is 1.52. The third-order valence-corrected chi connectivity index (χ3v) is 3.40. The summed E-state index contributed by atoms with van der Waals surface area (Å²) in [5, 5.41) is 14.7. The second kappa shape index (κ2) is 5.40. The molecule has 108 valence electrons. The molecule has 0 amide bonds. The van der Waals surface area contributed by atoms with Gasteiger partial charge in [-0.3, -0.25) is 9.78 Å². The maximum atomic E-state index is 4.36. The zero-order valence-corrected chi connectivity index (χ0v) is 12.3. The number of nitrogens with one attached hydrogen (secondary N) is 2. The van der Waals surface area contributed by atoms with Crippen molar-refractivity contribution < 1.29 is 0 Å². The first-order chi connectivity index (χ1) is 10.1. The van der Waals surface area contributed by atoms with Crippen molar-refractivity contribution in [2.24, 2.45) is 7.05 Å². The Morgan fingerprint density at radius 3 is 2.81 bits per heavy atom. The Hall–Kier alpha value is -2.63. The molecule has 0 radical (unpaired) electrons. The van der Waals surface area contributed by atoms with Crippen LogP contribution in [0, 0.1) is 6.92 Å². The fraction of sp³-hybridized carbons (Fsp3) is 0.267. The van der Waals surface area contributed by atoms with Crippen molar-refractivity contribution in [3.63, 3.8) is 0 Å². The lowest BCUT2D eigenvalue weighted by Crippen LogP contribution is -2.11. The molecule has 6 nitrogen and oxygen atoms in total. The van der Waals surface area contributed by atoms with Crippen molar-refractivity contribution in [2.75, 3.05) is 5.32 Å². The van der Waals surface area contributed by atoms with E-state index < -0.39 is 0 Å². The number of nitrogens with zero attached hydrogens (tertiary/aromatic N) is 4. The van der Waals surface area contributed by atoms with Gasteiger partial charge in [0, 0.05) is 24.5 Å². The Morgan fingerprint density at radius 2 is 2.14 bits per heavy atom. The van der Waals surface area contributed by atoms with Gasteiger partial charge in [-0.1, -0.05) is 12.1 Å². The molecule has 0 fully saturated rings. The van der Waals surface area contributed by atoms with E-state index in [9.17, 15) is 0 Å². The van der Waals surface area contributed by atoms with Gasteiger partial charge in [0.2, 0.25) is 0 Å². The van der Waals surface area contributed by atoms with Crippen LogP contribution >= 0.6 is 0 Å². The lowest BCUT2D eigenvalue weighted by molar-refractivity contribution is 0.676. The van der Waals surface area contributed by atoms with Crippen LogP contribution in [0.15, 0.2) is 36.5 Å². The molecule has 0 aliphatic heterocycles. The van der Waals surface area contributed by atoms with Gasteiger partial charge in [-0.25, -0.2) is 4.98 Å². The highest BCUT2D eigenvalue weighted by atomic mass is 15.3. The third-order valence-electron chi connectivity index (χ3n) is 3.40. The summed E-state index contributed by atoms with van der Waals surface area (Å²) in [5.41, 5.74) is 3.15. The average molecular weight is 282 g/mol. The van der Waals surface area contributed by atoms with Crippen LogP contribution in [0.1, 0.15) is 24.5 Å². The summed E-state index contributed by atoms with van der Waals surface area (Å²) in [6, 6.07) is 10.3. The molecule has 2 N–H and O–H groups in total. The fourth-order valence-corrected chi connectivity index (χ4v) is 2.35. The number of benzene rings is 1. The molecule has 21 heavy (non-hydrogen) atoms. The van der Waals surface area contributed by atoms with Crippen LogP contribution < -0.4 is 5.32 Å². The van der Waals surface area contributed by atoms with Crippen LogP contribution in [-0.4, -0.2) is 25.0 Å². The zero-order chi connectivity index (χ0) is 14.8. The van der Waals surface area contributed by atoms with E-state index in [1.165, 1.54) is 0 Å². The van der Waals surface area contributed by atoms with Crippen LogP contribution in [-0.2, 0) is 7.05 Å². The molecule has 3 rings (SSSR count). The fourth-order valence-electron chi connectivity index (χ4n) is 2.35. The summed E-state index contributed by atoms with van der Waals surface area (Å²) in [4.78, 5) is 4.36. The Bertz CT molecular complexity index is 742. The largest absolute Gasteiger partial charge is 0.377 e. The minimum atomic E-state index is 0.168. The maximum absolute atomic E-state index is 4.36. The predicted molar refractivity (Wildman–Crippen MR) is 81.8 cm³/mol. The number of rotatable bonds is 4. The second-order valence-electron chi connectivity index (χ2n) is 5.07. The van der Waals surface area contributed by atoms with E-state index in [0.717, 1.165) is 22.8 Å². The molecule has 0 spiro atoms. The van der Waals surface area contributed by atoms with Crippen molar-refractivity contribution in [3.05, 3.63) is 48.0 Å². The Balaban J connectivity index is 1.82. The third kappa shape index (κ3) is 2.79. The number of aromatic amines is 1. The molecular formula is C15H18N6. The van der Waals surface area contributed by atoms with Crippen molar-refractivity contribution in [1.29, 1.82) is 0 Å². The van der Waals surface area contributed by atoms with Gasteiger partial charge in [-0.15, -0.1) is 0 Å². The molecule has 0 aliphatic rings. The molecule has 0 saturated heterocycles. The number of aromatic nitrogens is 5. The predicted octanol–water partition coefficient (Wildman–Crippen LogP) is 2.69. The molecular weight excluding hydrogens is 264 g/mol. The summed E-state index contributed by atoms with van der Waals surface area (Å²) < 4.78 is 1.88. The summed E-state index contributed by atoms with van der Waals surface area (Å²) in [7, 11) is 1.94. The minimum Gasteiger partial charge on any atom is -0.377 e. The van der Waals surface area contributed by atoms with Crippen LogP contribution in [0.2, 0.25) is 0 Å². The normalized spacial score (nSPS) is 12.3. The van der Waals surface area contributed by atoms with E-state index in [1.54, 1.807) is 6.20 Å². The van der Waals surface area contributed by atoms with E-state index in [4.69, 9.17) is 0 Å². The molecule has 0 aliphatic carbocycles. The first-order valence-electron chi connectivity index (χ1n) is 6.87. The standard InChI is InChI=1S/C15H18N6/c1-10(14-7-8-16-21(14)3)17-13-6-4-5-12(9-13)15-18-11(2)19-20-15/h4-10,17H,1-3H3,(H,18,19,20). The van der Waals surface area contributed by atoms with Gasteiger partial charge in [0.05, 0.1) is 11.7 Å². The Labute approximate surface area is 123 Å². The van der Waals surface area contributed by atoms with E-state index in [-0.39, 0.29) is 6.04 Å². The van der Waals surface area contributed by atoms with Crippen LogP contribution in [0.25, 0.3) is 11.4 Å². The number of hydrogen-bond donors (Lipinski definition) is 2. The van der Waals surface area contributed by atoms with E-state index in [1.807, 2.05) is 42.9 Å². The van der Waals surface area contributed by atoms with Gasteiger partial charge >= 0.3 is 0 Å². The number of aryl methyl sites for hydroxylation is 2. The summed E-state index contributed by atoms with van der Waals surface area (Å²) in [6.45, 7) is 4.00. The molecule has 2 aromatic heterocycles. The zero-order valence-electron chi connectivity index (χ0n) is 12.3. The van der Waals surface area contributed by atoms with Crippen molar-refractivity contribution in [1.82, 2.24) is 25.0 Å². The number of anilines is 1. The van der Waals surface area contributed by atoms with Gasteiger partial charge in [-0.2, -0.15) is 10.2 Å². The second-order valence-corrected chi connectivity index (χ2v) is 5.07. The van der Waals surface area contributed by atoms with Crippen molar-refractivity contribution in [2.45, 2.75) is 19.9 Å². The van der Waals surface area contributed by atoms with Crippen LogP contribution in [0.5, 0.6) is 0 Å². The molecule has 2 heterocycles. The summed E-state index contributed by atoms with van der Waals surface area (Å²) >= 11 is 0. The Morgan fingerprint density at radius 1 is 1.29 bits per heavy atom. The highest BCUT2D eigenvalue weighted by Crippen LogP contribution is 2.23.